The first-order chi connectivity index (χ1) is 12.1. The van der Waals surface area contributed by atoms with Gasteiger partial charge < -0.3 is 14.5 Å². The molecule has 0 saturated carbocycles. The van der Waals surface area contributed by atoms with Gasteiger partial charge in [-0.3, -0.25) is 14.4 Å². The molecule has 1 aliphatic heterocycles. The first kappa shape index (κ1) is 15.4. The molecule has 4 rings (SSSR count). The van der Waals surface area contributed by atoms with Crippen LogP contribution in [-0.2, 0) is 13.0 Å². The van der Waals surface area contributed by atoms with E-state index in [2.05, 4.69) is 4.98 Å². The van der Waals surface area contributed by atoms with Crippen LogP contribution in [0.25, 0.3) is 11.0 Å². The van der Waals surface area contributed by atoms with E-state index in [0.717, 1.165) is 17.7 Å². The molecule has 6 nitrogen and oxygen atoms in total. The molecule has 126 valence electrons. The third-order valence-electron chi connectivity index (χ3n) is 4.67. The van der Waals surface area contributed by atoms with Crippen LogP contribution in [0.5, 0.6) is 0 Å². The van der Waals surface area contributed by atoms with Crippen molar-refractivity contribution in [3.8, 4) is 0 Å². The monoisotopic (exact) mass is 335 g/mol. The molecule has 0 saturated heterocycles. The van der Waals surface area contributed by atoms with Crippen LogP contribution in [0.15, 0.2) is 52.1 Å². The second-order valence-corrected chi connectivity index (χ2v) is 6.07. The van der Waals surface area contributed by atoms with E-state index in [1.807, 2.05) is 24.3 Å². The van der Waals surface area contributed by atoms with E-state index in [4.69, 9.17) is 0 Å². The summed E-state index contributed by atoms with van der Waals surface area (Å²) in [5.74, 6) is -0.109. The highest BCUT2D eigenvalue weighted by Gasteiger charge is 2.25. The molecule has 0 bridgehead atoms. The van der Waals surface area contributed by atoms with Gasteiger partial charge in [0, 0.05) is 24.3 Å². The molecule has 1 N–H and O–H groups in total. The van der Waals surface area contributed by atoms with Crippen molar-refractivity contribution in [1.29, 1.82) is 0 Å². The van der Waals surface area contributed by atoms with Crippen LogP contribution in [0.1, 0.15) is 22.8 Å². The van der Waals surface area contributed by atoms with Gasteiger partial charge >= 0.3 is 11.1 Å². The SMILES string of the molecule is CCn1c(=O)c(=O)[nH]c2cc(C(=O)N3CCc4ccccc43)ccc21. The molecule has 2 aromatic carbocycles. The summed E-state index contributed by atoms with van der Waals surface area (Å²) in [6, 6.07) is 12.9. The number of aromatic amines is 1. The standard InChI is InChI=1S/C19H17N3O3/c1-2-21-16-8-7-13(11-14(16)20-17(23)19(21)25)18(24)22-10-9-12-5-3-4-6-15(12)22/h3-8,11H,2,9-10H2,1H3,(H,20,23). The second-order valence-electron chi connectivity index (χ2n) is 6.07. The number of aryl methyl sites for hydroxylation is 1. The van der Waals surface area contributed by atoms with Crippen molar-refractivity contribution in [2.75, 3.05) is 11.4 Å². The molecule has 6 heteroatoms. The molecule has 3 aromatic rings. The van der Waals surface area contributed by atoms with E-state index >= 15 is 0 Å². The zero-order chi connectivity index (χ0) is 17.6. The van der Waals surface area contributed by atoms with E-state index in [-0.39, 0.29) is 5.91 Å². The minimum Gasteiger partial charge on any atom is -0.316 e. The molecular formula is C19H17N3O3. The Morgan fingerprint density at radius 2 is 1.96 bits per heavy atom. The van der Waals surface area contributed by atoms with Crippen molar-refractivity contribution in [3.05, 3.63) is 74.3 Å². The summed E-state index contributed by atoms with van der Waals surface area (Å²) in [6.07, 6.45) is 0.835. The summed E-state index contributed by atoms with van der Waals surface area (Å²) in [6.45, 7) is 2.84. The molecule has 1 amide bonds. The lowest BCUT2D eigenvalue weighted by atomic mass is 10.1. The average Bonchev–Trinajstić information content (AvgIpc) is 3.06. The van der Waals surface area contributed by atoms with Crippen molar-refractivity contribution in [2.45, 2.75) is 19.9 Å². The maximum Gasteiger partial charge on any atom is 0.316 e. The molecule has 0 spiro atoms. The fourth-order valence-electron chi connectivity index (χ4n) is 3.43. The number of nitrogens with zero attached hydrogens (tertiary/aromatic N) is 2. The van der Waals surface area contributed by atoms with Crippen LogP contribution >= 0.6 is 0 Å². The topological polar surface area (TPSA) is 75.2 Å². The fourth-order valence-corrected chi connectivity index (χ4v) is 3.43. The molecule has 0 unspecified atom stereocenters. The highest BCUT2D eigenvalue weighted by atomic mass is 16.2. The predicted molar refractivity (Wildman–Crippen MR) is 96.3 cm³/mol. The summed E-state index contributed by atoms with van der Waals surface area (Å²) in [5, 5.41) is 0. The van der Waals surface area contributed by atoms with Crippen molar-refractivity contribution >= 4 is 22.6 Å². The minimum atomic E-state index is -0.675. The number of rotatable bonds is 2. The molecule has 25 heavy (non-hydrogen) atoms. The van der Waals surface area contributed by atoms with Gasteiger partial charge in [-0.25, -0.2) is 0 Å². The number of H-pyrrole nitrogens is 1. The molecule has 0 radical (unpaired) electrons. The summed E-state index contributed by atoms with van der Waals surface area (Å²) in [7, 11) is 0. The first-order valence-corrected chi connectivity index (χ1v) is 8.27. The van der Waals surface area contributed by atoms with E-state index in [1.54, 1.807) is 30.0 Å². The van der Waals surface area contributed by atoms with Gasteiger partial charge in [-0.2, -0.15) is 0 Å². The number of amides is 1. The zero-order valence-corrected chi connectivity index (χ0v) is 13.8. The van der Waals surface area contributed by atoms with E-state index in [0.29, 0.717) is 29.7 Å². The maximum absolute atomic E-state index is 12.9. The quantitative estimate of drug-likeness (QED) is 0.727. The van der Waals surface area contributed by atoms with Crippen LogP contribution < -0.4 is 16.0 Å². The number of nitrogens with one attached hydrogen (secondary N) is 1. The number of benzene rings is 2. The van der Waals surface area contributed by atoms with Crippen molar-refractivity contribution in [2.24, 2.45) is 0 Å². The van der Waals surface area contributed by atoms with Crippen LogP contribution in [0.2, 0.25) is 0 Å². The molecule has 2 heterocycles. The number of hydrogen-bond acceptors (Lipinski definition) is 3. The number of carbonyl (C=O) groups excluding carboxylic acids is 1. The van der Waals surface area contributed by atoms with Crippen molar-refractivity contribution in [1.82, 2.24) is 9.55 Å². The van der Waals surface area contributed by atoms with Gasteiger partial charge in [-0.05, 0) is 43.2 Å². The van der Waals surface area contributed by atoms with Gasteiger partial charge in [0.1, 0.15) is 0 Å². The Balaban J connectivity index is 1.81. The first-order valence-electron chi connectivity index (χ1n) is 8.27. The molecular weight excluding hydrogens is 318 g/mol. The molecule has 1 aromatic heterocycles. The maximum atomic E-state index is 12.9. The second kappa shape index (κ2) is 5.73. The van der Waals surface area contributed by atoms with Gasteiger partial charge in [0.05, 0.1) is 11.0 Å². The third-order valence-corrected chi connectivity index (χ3v) is 4.67. The number of hydrogen-bond donors (Lipinski definition) is 1. The number of aromatic nitrogens is 2. The number of carbonyl (C=O) groups is 1. The van der Waals surface area contributed by atoms with E-state index in [1.165, 1.54) is 4.57 Å². The lowest BCUT2D eigenvalue weighted by Gasteiger charge is -2.18. The fraction of sp³-hybridized carbons (Fsp3) is 0.211. The largest absolute Gasteiger partial charge is 0.316 e. The summed E-state index contributed by atoms with van der Waals surface area (Å²) in [5.41, 5.74) is 2.42. The van der Waals surface area contributed by atoms with Crippen LogP contribution in [0.3, 0.4) is 0 Å². The zero-order valence-electron chi connectivity index (χ0n) is 13.8. The lowest BCUT2D eigenvalue weighted by molar-refractivity contribution is 0.0989. The predicted octanol–water partition coefficient (Wildman–Crippen LogP) is 1.91. The average molecular weight is 335 g/mol. The minimum absolute atomic E-state index is 0.109. The third kappa shape index (κ3) is 2.38. The van der Waals surface area contributed by atoms with E-state index in [9.17, 15) is 14.4 Å². The Labute approximate surface area is 143 Å². The summed E-state index contributed by atoms with van der Waals surface area (Å²) < 4.78 is 1.41. The van der Waals surface area contributed by atoms with Gasteiger partial charge in [0.25, 0.3) is 5.91 Å². The normalized spacial score (nSPS) is 13.2. The number of fused-ring (bicyclic) bond motifs is 2. The summed E-state index contributed by atoms with van der Waals surface area (Å²) in [4.78, 5) is 41.0. The Bertz CT molecular complexity index is 1110. The number of anilines is 1. The van der Waals surface area contributed by atoms with Gasteiger partial charge in [-0.15, -0.1) is 0 Å². The highest BCUT2D eigenvalue weighted by molar-refractivity contribution is 6.08. The number of para-hydroxylation sites is 1. The molecule has 0 fully saturated rings. The van der Waals surface area contributed by atoms with Gasteiger partial charge in [-0.1, -0.05) is 18.2 Å². The van der Waals surface area contributed by atoms with Gasteiger partial charge in [0.15, 0.2) is 0 Å². The molecule has 1 aliphatic rings. The van der Waals surface area contributed by atoms with Crippen molar-refractivity contribution in [3.63, 3.8) is 0 Å². The summed E-state index contributed by atoms with van der Waals surface area (Å²) >= 11 is 0. The van der Waals surface area contributed by atoms with Gasteiger partial charge in [0.2, 0.25) is 0 Å². The molecule has 0 atom stereocenters. The Morgan fingerprint density at radius 3 is 2.76 bits per heavy atom. The smallest absolute Gasteiger partial charge is 0.316 e. The Morgan fingerprint density at radius 1 is 1.16 bits per heavy atom. The highest BCUT2D eigenvalue weighted by Crippen LogP contribution is 2.29. The van der Waals surface area contributed by atoms with Crippen LogP contribution in [-0.4, -0.2) is 22.0 Å². The van der Waals surface area contributed by atoms with Crippen LogP contribution in [0, 0.1) is 0 Å². The molecule has 0 aliphatic carbocycles. The van der Waals surface area contributed by atoms with Crippen LogP contribution in [0.4, 0.5) is 5.69 Å². The Hall–Kier alpha value is -3.15. The van der Waals surface area contributed by atoms with Crippen molar-refractivity contribution < 1.29 is 4.79 Å². The Kier molecular flexibility index (Phi) is 3.53. The van der Waals surface area contributed by atoms with E-state index < -0.39 is 11.1 Å². The lowest BCUT2D eigenvalue weighted by Crippen LogP contribution is -2.36.